The Hall–Kier alpha value is -2.43. The summed E-state index contributed by atoms with van der Waals surface area (Å²) in [6.07, 6.45) is 5.31. The Labute approximate surface area is 154 Å². The molecule has 1 fully saturated rings. The second-order valence-electron chi connectivity index (χ2n) is 7.26. The number of likely N-dealkylation sites (tertiary alicyclic amines) is 1. The summed E-state index contributed by atoms with van der Waals surface area (Å²) in [4.78, 5) is 2.42. The number of nitrogens with zero attached hydrogens (tertiary/aromatic N) is 3. The van der Waals surface area contributed by atoms with Crippen LogP contribution in [0.5, 0.6) is 0 Å². The summed E-state index contributed by atoms with van der Waals surface area (Å²) < 4.78 is 1.92. The van der Waals surface area contributed by atoms with Crippen molar-refractivity contribution in [3.8, 4) is 5.69 Å². The van der Waals surface area contributed by atoms with Crippen LogP contribution in [0.25, 0.3) is 5.69 Å². The average molecular weight is 347 g/mol. The molecule has 4 rings (SSSR count). The molecule has 2 heterocycles. The molecule has 4 heteroatoms. The Bertz CT molecular complexity index is 865. The summed E-state index contributed by atoms with van der Waals surface area (Å²) >= 11 is 0. The fourth-order valence-electron chi connectivity index (χ4n) is 3.82. The molecule has 134 valence electrons. The van der Waals surface area contributed by atoms with Crippen molar-refractivity contribution in [3.63, 3.8) is 0 Å². The van der Waals surface area contributed by atoms with Gasteiger partial charge in [0.2, 0.25) is 0 Å². The largest absolute Gasteiger partial charge is 0.385 e. The Morgan fingerprint density at radius 1 is 1.04 bits per heavy atom. The lowest BCUT2D eigenvalue weighted by atomic mass is 9.84. The first kappa shape index (κ1) is 17.0. The van der Waals surface area contributed by atoms with Crippen LogP contribution in [0.2, 0.25) is 0 Å². The van der Waals surface area contributed by atoms with E-state index >= 15 is 0 Å². The number of aliphatic hydroxyl groups is 1. The van der Waals surface area contributed by atoms with Crippen LogP contribution in [0.4, 0.5) is 0 Å². The zero-order valence-corrected chi connectivity index (χ0v) is 15.2. The van der Waals surface area contributed by atoms with Gasteiger partial charge in [0.05, 0.1) is 11.3 Å². The van der Waals surface area contributed by atoms with Crippen molar-refractivity contribution in [2.24, 2.45) is 0 Å². The van der Waals surface area contributed by atoms with E-state index in [1.54, 1.807) is 6.20 Å². The third-order valence-corrected chi connectivity index (χ3v) is 5.38. The molecule has 1 aromatic heterocycles. The number of hydrogen-bond acceptors (Lipinski definition) is 3. The van der Waals surface area contributed by atoms with E-state index in [1.165, 1.54) is 11.1 Å². The summed E-state index contributed by atoms with van der Waals surface area (Å²) in [7, 11) is 0. The SMILES string of the molecule is Cc1cccc(C2(O)CCN(Cc3ccccc3-n3cccn3)CC2)c1. The minimum Gasteiger partial charge on any atom is -0.385 e. The van der Waals surface area contributed by atoms with E-state index in [0.717, 1.165) is 43.7 Å². The fraction of sp³-hybridized carbons (Fsp3) is 0.318. The molecule has 0 spiro atoms. The van der Waals surface area contributed by atoms with Gasteiger partial charge in [-0.15, -0.1) is 0 Å². The lowest BCUT2D eigenvalue weighted by molar-refractivity contribution is -0.0277. The number of benzene rings is 2. The van der Waals surface area contributed by atoms with Gasteiger partial charge in [-0.1, -0.05) is 48.0 Å². The van der Waals surface area contributed by atoms with Gasteiger partial charge in [-0.05, 0) is 43.0 Å². The van der Waals surface area contributed by atoms with E-state index < -0.39 is 5.60 Å². The highest BCUT2D eigenvalue weighted by molar-refractivity contribution is 5.40. The summed E-state index contributed by atoms with van der Waals surface area (Å²) in [5, 5.41) is 15.5. The van der Waals surface area contributed by atoms with Crippen molar-refractivity contribution in [3.05, 3.63) is 83.7 Å². The van der Waals surface area contributed by atoms with Gasteiger partial charge in [0.25, 0.3) is 0 Å². The van der Waals surface area contributed by atoms with Crippen LogP contribution in [0, 0.1) is 6.92 Å². The number of para-hydroxylation sites is 1. The van der Waals surface area contributed by atoms with Gasteiger partial charge in [-0.25, -0.2) is 4.68 Å². The maximum Gasteiger partial charge on any atom is 0.0921 e. The van der Waals surface area contributed by atoms with E-state index in [9.17, 15) is 5.11 Å². The van der Waals surface area contributed by atoms with Crippen LogP contribution in [-0.2, 0) is 12.1 Å². The van der Waals surface area contributed by atoms with Crippen LogP contribution in [0.1, 0.15) is 29.5 Å². The second-order valence-corrected chi connectivity index (χ2v) is 7.26. The maximum absolute atomic E-state index is 11.1. The van der Waals surface area contributed by atoms with Crippen LogP contribution in [0.15, 0.2) is 67.0 Å². The Morgan fingerprint density at radius 3 is 2.58 bits per heavy atom. The van der Waals surface area contributed by atoms with E-state index in [4.69, 9.17) is 0 Å². The van der Waals surface area contributed by atoms with E-state index in [1.807, 2.05) is 29.1 Å². The predicted octanol–water partition coefficient (Wildman–Crippen LogP) is 3.66. The predicted molar refractivity (Wildman–Crippen MR) is 103 cm³/mol. The summed E-state index contributed by atoms with van der Waals surface area (Å²) in [5.41, 5.74) is 3.93. The molecule has 0 unspecified atom stereocenters. The van der Waals surface area contributed by atoms with Crippen LogP contribution in [-0.4, -0.2) is 32.9 Å². The molecule has 0 aliphatic carbocycles. The molecule has 4 nitrogen and oxygen atoms in total. The molecular weight excluding hydrogens is 322 g/mol. The zero-order valence-electron chi connectivity index (χ0n) is 15.2. The molecular formula is C22H25N3O. The molecule has 0 bridgehead atoms. The third-order valence-electron chi connectivity index (χ3n) is 5.38. The van der Waals surface area contributed by atoms with Gasteiger partial charge < -0.3 is 5.11 Å². The van der Waals surface area contributed by atoms with Crippen molar-refractivity contribution in [2.45, 2.75) is 31.9 Å². The van der Waals surface area contributed by atoms with Crippen LogP contribution >= 0.6 is 0 Å². The lowest BCUT2D eigenvalue weighted by Crippen LogP contribution is -2.42. The zero-order chi connectivity index (χ0) is 18.0. The minimum atomic E-state index is -0.704. The van der Waals surface area contributed by atoms with Gasteiger partial charge in [-0.2, -0.15) is 5.10 Å². The summed E-state index contributed by atoms with van der Waals surface area (Å²) in [6, 6.07) is 18.6. The third kappa shape index (κ3) is 3.43. The molecule has 26 heavy (non-hydrogen) atoms. The molecule has 1 N–H and O–H groups in total. The molecule has 1 aliphatic heterocycles. The number of aromatic nitrogens is 2. The summed E-state index contributed by atoms with van der Waals surface area (Å²) in [5.74, 6) is 0. The monoisotopic (exact) mass is 347 g/mol. The van der Waals surface area contributed by atoms with Gasteiger partial charge >= 0.3 is 0 Å². The molecule has 0 amide bonds. The van der Waals surface area contributed by atoms with Crippen molar-refractivity contribution in [1.29, 1.82) is 0 Å². The number of rotatable bonds is 4. The first-order chi connectivity index (χ1) is 12.6. The topological polar surface area (TPSA) is 41.3 Å². The number of hydrogen-bond donors (Lipinski definition) is 1. The number of piperidine rings is 1. The van der Waals surface area contributed by atoms with Crippen molar-refractivity contribution >= 4 is 0 Å². The first-order valence-corrected chi connectivity index (χ1v) is 9.24. The lowest BCUT2D eigenvalue weighted by Gasteiger charge is -2.39. The maximum atomic E-state index is 11.1. The van der Waals surface area contributed by atoms with Crippen LogP contribution in [0.3, 0.4) is 0 Å². The van der Waals surface area contributed by atoms with E-state index in [2.05, 4.69) is 53.3 Å². The molecule has 2 aromatic carbocycles. The highest BCUT2D eigenvalue weighted by Gasteiger charge is 2.34. The van der Waals surface area contributed by atoms with E-state index in [0.29, 0.717) is 0 Å². The van der Waals surface area contributed by atoms with E-state index in [-0.39, 0.29) is 0 Å². The highest BCUT2D eigenvalue weighted by Crippen LogP contribution is 2.33. The van der Waals surface area contributed by atoms with Gasteiger partial charge in [0.15, 0.2) is 0 Å². The second kappa shape index (κ2) is 7.06. The summed E-state index contributed by atoms with van der Waals surface area (Å²) in [6.45, 7) is 4.73. The Balaban J connectivity index is 1.47. The Morgan fingerprint density at radius 2 is 1.85 bits per heavy atom. The Kier molecular flexibility index (Phi) is 4.62. The van der Waals surface area contributed by atoms with Crippen molar-refractivity contribution in [1.82, 2.24) is 14.7 Å². The highest BCUT2D eigenvalue weighted by atomic mass is 16.3. The quantitative estimate of drug-likeness (QED) is 0.783. The fourth-order valence-corrected chi connectivity index (χ4v) is 3.82. The molecule has 1 saturated heterocycles. The smallest absolute Gasteiger partial charge is 0.0921 e. The standard InChI is InChI=1S/C22H25N3O/c1-18-6-4-8-20(16-18)22(26)10-14-24(15-11-22)17-19-7-2-3-9-21(19)25-13-5-12-23-25/h2-9,12-13,16,26H,10-11,14-15,17H2,1H3. The molecule has 0 saturated carbocycles. The van der Waals surface area contributed by atoms with Crippen LogP contribution < -0.4 is 0 Å². The molecule has 3 aromatic rings. The van der Waals surface area contributed by atoms with Crippen molar-refractivity contribution < 1.29 is 5.11 Å². The van der Waals surface area contributed by atoms with Gasteiger partial charge in [0.1, 0.15) is 0 Å². The van der Waals surface area contributed by atoms with Gasteiger partial charge in [-0.3, -0.25) is 4.90 Å². The normalized spacial score (nSPS) is 17.3. The van der Waals surface area contributed by atoms with Gasteiger partial charge in [0, 0.05) is 32.0 Å². The molecule has 1 aliphatic rings. The first-order valence-electron chi connectivity index (χ1n) is 9.24. The molecule has 0 radical (unpaired) electrons. The minimum absolute atomic E-state index is 0.704. The average Bonchev–Trinajstić information content (AvgIpc) is 3.19. The number of aryl methyl sites for hydroxylation is 1. The van der Waals surface area contributed by atoms with Crippen molar-refractivity contribution in [2.75, 3.05) is 13.1 Å². The molecule has 0 atom stereocenters.